The molecule has 0 saturated heterocycles. The molecule has 1 aliphatic rings. The van der Waals surface area contributed by atoms with Gasteiger partial charge < -0.3 is 10.2 Å². The molecule has 0 unspecified atom stereocenters. The van der Waals surface area contributed by atoms with E-state index in [9.17, 15) is 0 Å². The molecule has 88 valence electrons. The molecular weight excluding hydrogens is 245 g/mol. The molecule has 1 fully saturated rings. The third-order valence-electron chi connectivity index (χ3n) is 2.61. The van der Waals surface area contributed by atoms with Gasteiger partial charge >= 0.3 is 0 Å². The van der Waals surface area contributed by atoms with Crippen molar-refractivity contribution < 1.29 is 0 Å². The van der Waals surface area contributed by atoms with Gasteiger partial charge in [0.25, 0.3) is 0 Å². The largest absolute Gasteiger partial charge is 0.357 e. The second-order valence-electron chi connectivity index (χ2n) is 4.11. The summed E-state index contributed by atoms with van der Waals surface area (Å²) in [5.41, 5.74) is 0. The highest BCUT2D eigenvalue weighted by Crippen LogP contribution is 2.25. The van der Waals surface area contributed by atoms with Gasteiger partial charge in [-0.25, -0.2) is 4.98 Å². The SMILES string of the molecule is CN(CCNC1CC1)c1ncc(Cl)cc1Cl. The summed E-state index contributed by atoms with van der Waals surface area (Å²) in [6, 6.07) is 2.46. The van der Waals surface area contributed by atoms with E-state index in [1.54, 1.807) is 12.3 Å². The van der Waals surface area contributed by atoms with Crippen LogP contribution in [0.1, 0.15) is 12.8 Å². The molecule has 1 aliphatic carbocycles. The Bertz CT molecular complexity index is 366. The average molecular weight is 260 g/mol. The zero-order chi connectivity index (χ0) is 11.5. The van der Waals surface area contributed by atoms with Crippen LogP contribution in [0.25, 0.3) is 0 Å². The number of nitrogens with zero attached hydrogens (tertiary/aromatic N) is 2. The lowest BCUT2D eigenvalue weighted by atomic mass is 10.4. The van der Waals surface area contributed by atoms with Crippen molar-refractivity contribution in [1.29, 1.82) is 0 Å². The van der Waals surface area contributed by atoms with Crippen LogP contribution in [-0.4, -0.2) is 31.2 Å². The molecule has 3 nitrogen and oxygen atoms in total. The second-order valence-corrected chi connectivity index (χ2v) is 4.95. The quantitative estimate of drug-likeness (QED) is 0.881. The summed E-state index contributed by atoms with van der Waals surface area (Å²) in [6.45, 7) is 1.85. The topological polar surface area (TPSA) is 28.2 Å². The molecule has 0 amide bonds. The molecule has 0 aromatic carbocycles. The van der Waals surface area contributed by atoms with Gasteiger partial charge in [0, 0.05) is 32.4 Å². The van der Waals surface area contributed by atoms with E-state index in [0.29, 0.717) is 10.0 Å². The highest BCUT2D eigenvalue weighted by atomic mass is 35.5. The first-order valence-electron chi connectivity index (χ1n) is 5.42. The molecule has 1 heterocycles. The number of likely N-dealkylation sites (N-methyl/N-ethyl adjacent to an activating group) is 1. The molecule has 0 radical (unpaired) electrons. The van der Waals surface area contributed by atoms with E-state index in [1.165, 1.54) is 12.8 Å². The first-order chi connectivity index (χ1) is 7.66. The first kappa shape index (κ1) is 12.0. The third-order valence-corrected chi connectivity index (χ3v) is 3.09. The van der Waals surface area contributed by atoms with E-state index >= 15 is 0 Å². The summed E-state index contributed by atoms with van der Waals surface area (Å²) >= 11 is 11.9. The van der Waals surface area contributed by atoms with Crippen LogP contribution in [0, 0.1) is 0 Å². The van der Waals surface area contributed by atoms with Crippen molar-refractivity contribution in [2.45, 2.75) is 18.9 Å². The molecule has 1 saturated carbocycles. The smallest absolute Gasteiger partial charge is 0.147 e. The number of nitrogens with one attached hydrogen (secondary N) is 1. The van der Waals surface area contributed by atoms with Crippen molar-refractivity contribution in [3.8, 4) is 0 Å². The molecule has 0 bridgehead atoms. The molecule has 16 heavy (non-hydrogen) atoms. The lowest BCUT2D eigenvalue weighted by Gasteiger charge is -2.19. The van der Waals surface area contributed by atoms with E-state index in [4.69, 9.17) is 23.2 Å². The second kappa shape index (κ2) is 5.21. The Balaban J connectivity index is 1.88. The van der Waals surface area contributed by atoms with Crippen molar-refractivity contribution in [2.24, 2.45) is 0 Å². The molecule has 1 N–H and O–H groups in total. The van der Waals surface area contributed by atoms with Gasteiger partial charge in [-0.2, -0.15) is 0 Å². The van der Waals surface area contributed by atoms with Crippen LogP contribution in [0.4, 0.5) is 5.82 Å². The van der Waals surface area contributed by atoms with Crippen molar-refractivity contribution in [3.63, 3.8) is 0 Å². The Labute approximate surface area is 106 Å². The third kappa shape index (κ3) is 3.24. The lowest BCUT2D eigenvalue weighted by molar-refractivity contribution is 0.673. The Morgan fingerprint density at radius 1 is 1.50 bits per heavy atom. The number of anilines is 1. The molecule has 0 aliphatic heterocycles. The van der Waals surface area contributed by atoms with Crippen molar-refractivity contribution in [1.82, 2.24) is 10.3 Å². The number of halogens is 2. The number of rotatable bonds is 5. The Hall–Kier alpha value is -0.510. The predicted octanol–water partition coefficient (Wildman–Crippen LogP) is 2.58. The standard InChI is InChI=1S/C11H15Cl2N3/c1-16(5-4-14-9-2-3-9)11-10(13)6-8(12)7-15-11/h6-7,9,14H,2-5H2,1H3. The molecule has 0 atom stereocenters. The van der Waals surface area contributed by atoms with Crippen LogP contribution in [0.5, 0.6) is 0 Å². The van der Waals surface area contributed by atoms with Gasteiger partial charge in [-0.3, -0.25) is 0 Å². The fourth-order valence-corrected chi connectivity index (χ4v) is 2.04. The summed E-state index contributed by atoms with van der Waals surface area (Å²) in [7, 11) is 1.98. The fraction of sp³-hybridized carbons (Fsp3) is 0.545. The number of aromatic nitrogens is 1. The molecular formula is C11H15Cl2N3. The minimum atomic E-state index is 0.568. The van der Waals surface area contributed by atoms with Gasteiger partial charge in [0.15, 0.2) is 0 Å². The van der Waals surface area contributed by atoms with E-state index < -0.39 is 0 Å². The van der Waals surface area contributed by atoms with Crippen LogP contribution in [0.3, 0.4) is 0 Å². The van der Waals surface area contributed by atoms with E-state index in [1.807, 2.05) is 11.9 Å². The maximum absolute atomic E-state index is 6.07. The average Bonchev–Trinajstić information content (AvgIpc) is 3.01. The van der Waals surface area contributed by atoms with E-state index in [-0.39, 0.29) is 0 Å². The summed E-state index contributed by atoms with van der Waals surface area (Å²) in [5.74, 6) is 0.781. The van der Waals surface area contributed by atoms with Gasteiger partial charge in [0.2, 0.25) is 0 Å². The lowest BCUT2D eigenvalue weighted by Crippen LogP contribution is -2.30. The Morgan fingerprint density at radius 3 is 2.88 bits per heavy atom. The number of hydrogen-bond acceptors (Lipinski definition) is 3. The van der Waals surface area contributed by atoms with Crippen LogP contribution < -0.4 is 10.2 Å². The summed E-state index contributed by atoms with van der Waals surface area (Å²) in [5, 5.41) is 4.62. The van der Waals surface area contributed by atoms with Crippen molar-refractivity contribution in [3.05, 3.63) is 22.3 Å². The molecule has 5 heteroatoms. The van der Waals surface area contributed by atoms with Crippen molar-refractivity contribution in [2.75, 3.05) is 25.0 Å². The fourth-order valence-electron chi connectivity index (χ4n) is 1.52. The Kier molecular flexibility index (Phi) is 3.90. The van der Waals surface area contributed by atoms with Gasteiger partial charge in [-0.15, -0.1) is 0 Å². The Morgan fingerprint density at radius 2 is 2.25 bits per heavy atom. The number of hydrogen-bond donors (Lipinski definition) is 1. The van der Waals surface area contributed by atoms with Crippen LogP contribution in [0.2, 0.25) is 10.0 Å². The van der Waals surface area contributed by atoms with Gasteiger partial charge in [-0.1, -0.05) is 23.2 Å². The van der Waals surface area contributed by atoms with Crippen LogP contribution >= 0.6 is 23.2 Å². The molecule has 0 spiro atoms. The minimum absolute atomic E-state index is 0.568. The van der Waals surface area contributed by atoms with E-state index in [0.717, 1.165) is 24.9 Å². The van der Waals surface area contributed by atoms with Gasteiger partial charge in [0.1, 0.15) is 5.82 Å². The molecule has 1 aromatic heterocycles. The molecule has 2 rings (SSSR count). The van der Waals surface area contributed by atoms with E-state index in [2.05, 4.69) is 10.3 Å². The number of pyridine rings is 1. The summed E-state index contributed by atoms with van der Waals surface area (Å²) < 4.78 is 0. The summed E-state index contributed by atoms with van der Waals surface area (Å²) in [4.78, 5) is 6.26. The highest BCUT2D eigenvalue weighted by Gasteiger charge is 2.20. The van der Waals surface area contributed by atoms with Gasteiger partial charge in [-0.05, 0) is 18.9 Å². The zero-order valence-electron chi connectivity index (χ0n) is 9.21. The molecule has 1 aromatic rings. The highest BCUT2D eigenvalue weighted by molar-refractivity contribution is 6.35. The summed E-state index contributed by atoms with van der Waals surface area (Å²) in [6.07, 6.45) is 4.24. The first-order valence-corrected chi connectivity index (χ1v) is 6.18. The predicted molar refractivity (Wildman–Crippen MR) is 68.6 cm³/mol. The van der Waals surface area contributed by atoms with Crippen molar-refractivity contribution >= 4 is 29.0 Å². The van der Waals surface area contributed by atoms with Crippen LogP contribution in [-0.2, 0) is 0 Å². The minimum Gasteiger partial charge on any atom is -0.357 e. The maximum Gasteiger partial charge on any atom is 0.147 e. The van der Waals surface area contributed by atoms with Gasteiger partial charge in [0.05, 0.1) is 10.0 Å². The maximum atomic E-state index is 6.07. The zero-order valence-corrected chi connectivity index (χ0v) is 10.7. The normalized spacial score (nSPS) is 15.2. The monoisotopic (exact) mass is 259 g/mol. The van der Waals surface area contributed by atoms with Crippen LogP contribution in [0.15, 0.2) is 12.3 Å².